The maximum atomic E-state index is 11.3. The highest BCUT2D eigenvalue weighted by atomic mass is 35.5. The zero-order chi connectivity index (χ0) is 14.8. The van der Waals surface area contributed by atoms with Crippen LogP contribution in [0.1, 0.15) is 18.5 Å². The SMILES string of the molecule is CC(Nc1ccc(S(C)(=O)=O)nc1)c1cccc(Cl)c1. The fraction of sp³-hybridized carbons (Fsp3) is 0.214. The predicted octanol–water partition coefficient (Wildman–Crippen LogP) is 3.31. The number of nitrogens with zero attached hydrogens (tertiary/aromatic N) is 1. The third-order valence-electron chi connectivity index (χ3n) is 2.85. The topological polar surface area (TPSA) is 59.1 Å². The lowest BCUT2D eigenvalue weighted by Crippen LogP contribution is -2.07. The zero-order valence-electron chi connectivity index (χ0n) is 11.2. The van der Waals surface area contributed by atoms with E-state index in [0.717, 1.165) is 17.5 Å². The van der Waals surface area contributed by atoms with E-state index >= 15 is 0 Å². The van der Waals surface area contributed by atoms with Gasteiger partial charge in [0.25, 0.3) is 0 Å². The molecule has 0 aliphatic carbocycles. The molecule has 1 aromatic carbocycles. The van der Waals surface area contributed by atoms with Crippen LogP contribution in [0.15, 0.2) is 47.6 Å². The van der Waals surface area contributed by atoms with E-state index in [-0.39, 0.29) is 11.1 Å². The number of benzene rings is 1. The number of hydrogen-bond acceptors (Lipinski definition) is 4. The first-order valence-electron chi connectivity index (χ1n) is 6.04. The summed E-state index contributed by atoms with van der Waals surface area (Å²) < 4.78 is 22.7. The molecular weight excluding hydrogens is 296 g/mol. The van der Waals surface area contributed by atoms with Crippen LogP contribution in [-0.2, 0) is 9.84 Å². The van der Waals surface area contributed by atoms with Crippen LogP contribution in [0.25, 0.3) is 0 Å². The summed E-state index contributed by atoms with van der Waals surface area (Å²) >= 11 is 5.96. The first-order valence-corrected chi connectivity index (χ1v) is 8.31. The van der Waals surface area contributed by atoms with Crippen LogP contribution in [0.5, 0.6) is 0 Å². The summed E-state index contributed by atoms with van der Waals surface area (Å²) in [5, 5.41) is 4.00. The predicted molar refractivity (Wildman–Crippen MR) is 80.8 cm³/mol. The molecule has 2 aromatic rings. The van der Waals surface area contributed by atoms with Crippen LogP contribution in [0.2, 0.25) is 5.02 Å². The van der Waals surface area contributed by atoms with Gasteiger partial charge in [0, 0.05) is 17.3 Å². The van der Waals surface area contributed by atoms with E-state index < -0.39 is 9.84 Å². The lowest BCUT2D eigenvalue weighted by atomic mass is 10.1. The van der Waals surface area contributed by atoms with Crippen LogP contribution in [-0.4, -0.2) is 19.7 Å². The minimum Gasteiger partial charge on any atom is -0.377 e. The molecule has 0 bridgehead atoms. The number of halogens is 1. The van der Waals surface area contributed by atoms with E-state index in [1.165, 1.54) is 12.3 Å². The fourth-order valence-corrected chi connectivity index (χ4v) is 2.55. The average Bonchev–Trinajstić information content (AvgIpc) is 2.38. The van der Waals surface area contributed by atoms with Gasteiger partial charge in [-0.2, -0.15) is 0 Å². The van der Waals surface area contributed by atoms with Crippen molar-refractivity contribution in [1.29, 1.82) is 0 Å². The molecular formula is C14H15ClN2O2S. The molecule has 1 heterocycles. The van der Waals surface area contributed by atoms with Crippen molar-refractivity contribution >= 4 is 27.1 Å². The molecule has 0 spiro atoms. The van der Waals surface area contributed by atoms with Crippen LogP contribution in [0, 0.1) is 0 Å². The van der Waals surface area contributed by atoms with E-state index in [1.807, 2.05) is 31.2 Å². The van der Waals surface area contributed by atoms with Gasteiger partial charge in [0.05, 0.1) is 11.9 Å². The number of nitrogens with one attached hydrogen (secondary N) is 1. The Morgan fingerprint density at radius 2 is 2.00 bits per heavy atom. The molecule has 1 aromatic heterocycles. The summed E-state index contributed by atoms with van der Waals surface area (Å²) in [6, 6.07) is 10.8. The Kier molecular flexibility index (Phi) is 4.30. The Morgan fingerprint density at radius 3 is 2.55 bits per heavy atom. The summed E-state index contributed by atoms with van der Waals surface area (Å²) in [6.07, 6.45) is 2.65. The smallest absolute Gasteiger partial charge is 0.192 e. The van der Waals surface area contributed by atoms with Gasteiger partial charge in [-0.15, -0.1) is 0 Å². The summed E-state index contributed by atoms with van der Waals surface area (Å²) in [5.74, 6) is 0. The minimum absolute atomic E-state index is 0.0413. The first-order chi connectivity index (χ1) is 9.36. The normalized spacial score (nSPS) is 12.9. The van der Waals surface area contributed by atoms with E-state index in [9.17, 15) is 8.42 Å². The molecule has 0 radical (unpaired) electrons. The molecule has 2 rings (SSSR count). The second-order valence-corrected chi connectivity index (χ2v) is 6.98. The Morgan fingerprint density at radius 1 is 1.25 bits per heavy atom. The lowest BCUT2D eigenvalue weighted by molar-refractivity contribution is 0.598. The highest BCUT2D eigenvalue weighted by Gasteiger charge is 2.10. The third-order valence-corrected chi connectivity index (χ3v) is 4.08. The van der Waals surface area contributed by atoms with Crippen LogP contribution >= 0.6 is 11.6 Å². The average molecular weight is 311 g/mol. The van der Waals surface area contributed by atoms with Crippen molar-refractivity contribution in [3.63, 3.8) is 0 Å². The van der Waals surface area contributed by atoms with Crippen molar-refractivity contribution in [3.05, 3.63) is 53.2 Å². The van der Waals surface area contributed by atoms with Crippen LogP contribution in [0.3, 0.4) is 0 Å². The summed E-state index contributed by atoms with van der Waals surface area (Å²) in [7, 11) is -3.26. The molecule has 0 fully saturated rings. The second-order valence-electron chi connectivity index (χ2n) is 4.58. The molecule has 0 aliphatic heterocycles. The van der Waals surface area contributed by atoms with Gasteiger partial charge in [-0.25, -0.2) is 13.4 Å². The number of rotatable bonds is 4. The van der Waals surface area contributed by atoms with E-state index in [4.69, 9.17) is 11.6 Å². The van der Waals surface area contributed by atoms with Crippen molar-refractivity contribution in [2.45, 2.75) is 18.0 Å². The third kappa shape index (κ3) is 3.71. The molecule has 0 saturated heterocycles. The largest absolute Gasteiger partial charge is 0.377 e. The van der Waals surface area contributed by atoms with Gasteiger partial charge in [0.1, 0.15) is 0 Å². The molecule has 1 unspecified atom stereocenters. The molecule has 1 atom stereocenters. The van der Waals surface area contributed by atoms with Gasteiger partial charge < -0.3 is 5.32 Å². The van der Waals surface area contributed by atoms with Crippen LogP contribution in [0.4, 0.5) is 5.69 Å². The number of anilines is 1. The van der Waals surface area contributed by atoms with Crippen molar-refractivity contribution in [2.24, 2.45) is 0 Å². The molecule has 0 saturated carbocycles. The van der Waals surface area contributed by atoms with E-state index in [0.29, 0.717) is 5.02 Å². The van der Waals surface area contributed by atoms with Gasteiger partial charge >= 0.3 is 0 Å². The fourth-order valence-electron chi connectivity index (χ4n) is 1.79. The van der Waals surface area contributed by atoms with Gasteiger partial charge in [0.15, 0.2) is 14.9 Å². The molecule has 20 heavy (non-hydrogen) atoms. The highest BCUT2D eigenvalue weighted by molar-refractivity contribution is 7.90. The van der Waals surface area contributed by atoms with Crippen molar-refractivity contribution in [2.75, 3.05) is 11.6 Å². The number of aromatic nitrogens is 1. The molecule has 106 valence electrons. The highest BCUT2D eigenvalue weighted by Crippen LogP contribution is 2.21. The zero-order valence-corrected chi connectivity index (χ0v) is 12.7. The van der Waals surface area contributed by atoms with Gasteiger partial charge in [0.2, 0.25) is 0 Å². The summed E-state index contributed by atoms with van der Waals surface area (Å²) in [4.78, 5) is 3.94. The summed E-state index contributed by atoms with van der Waals surface area (Å²) in [5.41, 5.74) is 1.80. The minimum atomic E-state index is -3.26. The maximum absolute atomic E-state index is 11.3. The Labute approximate surface area is 123 Å². The first kappa shape index (κ1) is 14.8. The molecule has 6 heteroatoms. The lowest BCUT2D eigenvalue weighted by Gasteiger charge is -2.15. The van der Waals surface area contributed by atoms with E-state index in [2.05, 4.69) is 10.3 Å². The van der Waals surface area contributed by atoms with E-state index in [1.54, 1.807) is 6.07 Å². The molecule has 1 N–H and O–H groups in total. The van der Waals surface area contributed by atoms with Crippen molar-refractivity contribution in [1.82, 2.24) is 4.98 Å². The van der Waals surface area contributed by atoms with Crippen molar-refractivity contribution in [3.8, 4) is 0 Å². The molecule has 0 amide bonds. The Balaban J connectivity index is 2.14. The number of sulfone groups is 1. The summed E-state index contributed by atoms with van der Waals surface area (Å²) in [6.45, 7) is 2.00. The maximum Gasteiger partial charge on any atom is 0.192 e. The number of pyridine rings is 1. The molecule has 0 aliphatic rings. The quantitative estimate of drug-likeness (QED) is 0.941. The second kappa shape index (κ2) is 5.81. The Bertz CT molecular complexity index is 699. The standard InChI is InChI=1S/C14H15ClN2O2S/c1-10(11-4-3-5-12(15)8-11)17-13-6-7-14(16-9-13)20(2,18)19/h3-10,17H,1-2H3. The van der Waals surface area contributed by atoms with Gasteiger partial charge in [-0.05, 0) is 36.8 Å². The number of hydrogen-bond donors (Lipinski definition) is 1. The van der Waals surface area contributed by atoms with Crippen LogP contribution < -0.4 is 5.32 Å². The van der Waals surface area contributed by atoms with Gasteiger partial charge in [-0.3, -0.25) is 0 Å². The monoisotopic (exact) mass is 310 g/mol. The Hall–Kier alpha value is -1.59. The van der Waals surface area contributed by atoms with Gasteiger partial charge in [-0.1, -0.05) is 23.7 Å². The van der Waals surface area contributed by atoms with Crippen molar-refractivity contribution < 1.29 is 8.42 Å². The molecule has 4 nitrogen and oxygen atoms in total.